The fraction of sp³-hybridized carbons (Fsp3) is 0.500. The molecule has 16 heavy (non-hydrogen) atoms. The number of rotatable bonds is 8. The minimum Gasteiger partial charge on any atom is -0.491 e. The van der Waals surface area contributed by atoms with Crippen LogP contribution in [0.5, 0.6) is 5.75 Å². The Morgan fingerprint density at radius 2 is 1.88 bits per heavy atom. The van der Waals surface area contributed by atoms with Gasteiger partial charge in [0.25, 0.3) is 0 Å². The molecule has 0 saturated heterocycles. The molecule has 0 heterocycles. The van der Waals surface area contributed by atoms with Crippen molar-refractivity contribution in [2.24, 2.45) is 0 Å². The van der Waals surface area contributed by atoms with Crippen molar-refractivity contribution in [3.63, 3.8) is 0 Å². The number of benzene rings is 1. The number of aliphatic hydroxyl groups is 1. The molecular weight excluding hydrogens is 206 g/mol. The maximum atomic E-state index is 8.49. The van der Waals surface area contributed by atoms with Crippen molar-refractivity contribution in [3.05, 3.63) is 29.8 Å². The third-order valence-electron chi connectivity index (χ3n) is 2.04. The smallest absolute Gasteiger partial charge is 0.119 e. The fourth-order valence-electron chi connectivity index (χ4n) is 1.29. The van der Waals surface area contributed by atoms with Gasteiger partial charge in [0, 0.05) is 6.54 Å². The SMILES string of the molecule is CNCc1ccc(OCCOCCO)cc1. The molecule has 2 N–H and O–H groups in total. The van der Waals surface area contributed by atoms with Crippen molar-refractivity contribution in [3.8, 4) is 5.75 Å². The minimum absolute atomic E-state index is 0.0543. The Bertz CT molecular complexity index is 274. The van der Waals surface area contributed by atoms with Crippen LogP contribution in [-0.4, -0.2) is 38.6 Å². The van der Waals surface area contributed by atoms with Crippen molar-refractivity contribution in [1.82, 2.24) is 5.32 Å². The van der Waals surface area contributed by atoms with Crippen LogP contribution >= 0.6 is 0 Å². The largest absolute Gasteiger partial charge is 0.491 e. The molecule has 0 aliphatic rings. The molecular formula is C12H19NO3. The molecule has 0 saturated carbocycles. The van der Waals surface area contributed by atoms with Crippen molar-refractivity contribution >= 4 is 0 Å². The Morgan fingerprint density at radius 3 is 2.50 bits per heavy atom. The van der Waals surface area contributed by atoms with E-state index in [1.54, 1.807) is 0 Å². The van der Waals surface area contributed by atoms with Gasteiger partial charge < -0.3 is 19.9 Å². The molecule has 0 spiro atoms. The molecule has 1 rings (SSSR count). The zero-order valence-corrected chi connectivity index (χ0v) is 9.61. The van der Waals surface area contributed by atoms with Crippen LogP contribution in [0.1, 0.15) is 5.56 Å². The first-order valence-electron chi connectivity index (χ1n) is 5.41. The predicted molar refractivity (Wildman–Crippen MR) is 62.6 cm³/mol. The van der Waals surface area contributed by atoms with Crippen LogP contribution in [0.2, 0.25) is 0 Å². The van der Waals surface area contributed by atoms with Gasteiger partial charge >= 0.3 is 0 Å². The lowest BCUT2D eigenvalue weighted by molar-refractivity contribution is 0.0705. The van der Waals surface area contributed by atoms with E-state index in [9.17, 15) is 0 Å². The Hall–Kier alpha value is -1.10. The highest BCUT2D eigenvalue weighted by Gasteiger charge is 1.95. The Balaban J connectivity index is 2.21. The van der Waals surface area contributed by atoms with Crippen LogP contribution in [0, 0.1) is 0 Å². The summed E-state index contributed by atoms with van der Waals surface area (Å²) in [4.78, 5) is 0. The van der Waals surface area contributed by atoms with E-state index < -0.39 is 0 Å². The second-order valence-corrected chi connectivity index (χ2v) is 3.36. The molecule has 4 heteroatoms. The maximum absolute atomic E-state index is 8.49. The summed E-state index contributed by atoms with van der Waals surface area (Å²) in [5.41, 5.74) is 1.23. The number of ether oxygens (including phenoxy) is 2. The molecule has 0 aromatic heterocycles. The predicted octanol–water partition coefficient (Wildman–Crippen LogP) is 0.794. The van der Waals surface area contributed by atoms with Crippen molar-refractivity contribution in [2.75, 3.05) is 33.5 Å². The zero-order chi connectivity index (χ0) is 11.6. The van der Waals surface area contributed by atoms with E-state index in [0.717, 1.165) is 12.3 Å². The first kappa shape index (κ1) is 13.0. The molecule has 0 fully saturated rings. The third-order valence-corrected chi connectivity index (χ3v) is 2.04. The minimum atomic E-state index is 0.0543. The van der Waals surface area contributed by atoms with Gasteiger partial charge in [-0.25, -0.2) is 0 Å². The first-order chi connectivity index (χ1) is 7.86. The lowest BCUT2D eigenvalue weighted by Gasteiger charge is -2.07. The monoisotopic (exact) mass is 225 g/mol. The van der Waals surface area contributed by atoms with Gasteiger partial charge in [0.15, 0.2) is 0 Å². The lowest BCUT2D eigenvalue weighted by atomic mass is 10.2. The van der Waals surface area contributed by atoms with Gasteiger partial charge in [0.05, 0.1) is 19.8 Å². The average Bonchev–Trinajstić information content (AvgIpc) is 2.31. The zero-order valence-electron chi connectivity index (χ0n) is 9.61. The number of hydrogen-bond acceptors (Lipinski definition) is 4. The normalized spacial score (nSPS) is 10.4. The van der Waals surface area contributed by atoms with E-state index in [1.807, 2.05) is 31.3 Å². The number of hydrogen-bond donors (Lipinski definition) is 2. The molecule has 1 aromatic rings. The van der Waals surface area contributed by atoms with E-state index in [1.165, 1.54) is 5.56 Å². The molecule has 0 aliphatic carbocycles. The van der Waals surface area contributed by atoms with E-state index in [4.69, 9.17) is 14.6 Å². The molecule has 0 bridgehead atoms. The lowest BCUT2D eigenvalue weighted by Crippen LogP contribution is -2.09. The van der Waals surface area contributed by atoms with Gasteiger partial charge in [-0.05, 0) is 24.7 Å². The van der Waals surface area contributed by atoms with Gasteiger partial charge in [-0.1, -0.05) is 12.1 Å². The van der Waals surface area contributed by atoms with Gasteiger partial charge in [0.2, 0.25) is 0 Å². The summed E-state index contributed by atoms with van der Waals surface area (Å²) in [5.74, 6) is 0.840. The average molecular weight is 225 g/mol. The highest BCUT2D eigenvalue weighted by atomic mass is 16.5. The summed E-state index contributed by atoms with van der Waals surface area (Å²) in [6.07, 6.45) is 0. The van der Waals surface area contributed by atoms with Crippen molar-refractivity contribution < 1.29 is 14.6 Å². The van der Waals surface area contributed by atoms with Gasteiger partial charge in [-0.2, -0.15) is 0 Å². The highest BCUT2D eigenvalue weighted by Crippen LogP contribution is 2.11. The van der Waals surface area contributed by atoms with Crippen LogP contribution in [0.15, 0.2) is 24.3 Å². The molecule has 0 atom stereocenters. The second kappa shape index (κ2) is 8.10. The number of aliphatic hydroxyl groups excluding tert-OH is 1. The van der Waals surface area contributed by atoms with Crippen LogP contribution in [0.25, 0.3) is 0 Å². The van der Waals surface area contributed by atoms with Crippen LogP contribution in [0.3, 0.4) is 0 Å². The van der Waals surface area contributed by atoms with E-state index in [-0.39, 0.29) is 6.61 Å². The summed E-state index contributed by atoms with van der Waals surface area (Å²) < 4.78 is 10.5. The van der Waals surface area contributed by atoms with Crippen molar-refractivity contribution in [2.45, 2.75) is 6.54 Å². The molecule has 90 valence electrons. The molecule has 0 radical (unpaired) electrons. The Morgan fingerprint density at radius 1 is 1.12 bits per heavy atom. The summed E-state index contributed by atoms with van der Waals surface area (Å²) in [6.45, 7) is 2.28. The third kappa shape index (κ3) is 5.11. The van der Waals surface area contributed by atoms with Gasteiger partial charge in [-0.3, -0.25) is 0 Å². The van der Waals surface area contributed by atoms with E-state index >= 15 is 0 Å². The summed E-state index contributed by atoms with van der Waals surface area (Å²) in [6, 6.07) is 7.94. The molecule has 0 aliphatic heterocycles. The highest BCUT2D eigenvalue weighted by molar-refractivity contribution is 5.27. The Labute approximate surface area is 96.2 Å². The van der Waals surface area contributed by atoms with Crippen molar-refractivity contribution in [1.29, 1.82) is 0 Å². The molecule has 1 aromatic carbocycles. The Kier molecular flexibility index (Phi) is 6.56. The standard InChI is InChI=1S/C12H19NO3/c1-13-10-11-2-4-12(5-3-11)16-9-8-15-7-6-14/h2-5,13-14H,6-10H2,1H3. The summed E-state index contributed by atoms with van der Waals surface area (Å²) in [5, 5.41) is 11.6. The fourth-order valence-corrected chi connectivity index (χ4v) is 1.29. The summed E-state index contributed by atoms with van der Waals surface area (Å²) >= 11 is 0. The maximum Gasteiger partial charge on any atom is 0.119 e. The molecule has 4 nitrogen and oxygen atoms in total. The van der Waals surface area contributed by atoms with Gasteiger partial charge in [0.1, 0.15) is 12.4 Å². The van der Waals surface area contributed by atoms with Gasteiger partial charge in [-0.15, -0.1) is 0 Å². The quantitative estimate of drug-likeness (QED) is 0.642. The van der Waals surface area contributed by atoms with Crippen LogP contribution < -0.4 is 10.1 Å². The molecule has 0 unspecified atom stereocenters. The van der Waals surface area contributed by atoms with Crippen LogP contribution in [0.4, 0.5) is 0 Å². The summed E-state index contributed by atoms with van der Waals surface area (Å²) in [7, 11) is 1.92. The van der Waals surface area contributed by atoms with Crippen LogP contribution in [-0.2, 0) is 11.3 Å². The topological polar surface area (TPSA) is 50.7 Å². The van der Waals surface area contributed by atoms with E-state index in [2.05, 4.69) is 5.32 Å². The number of nitrogens with one attached hydrogen (secondary N) is 1. The van der Waals surface area contributed by atoms with E-state index in [0.29, 0.717) is 19.8 Å². The first-order valence-corrected chi connectivity index (χ1v) is 5.41. The second-order valence-electron chi connectivity index (χ2n) is 3.36. The molecule has 0 amide bonds.